The van der Waals surface area contributed by atoms with E-state index in [2.05, 4.69) is 10.2 Å². The first-order valence-electron chi connectivity index (χ1n) is 10.3. The predicted octanol–water partition coefficient (Wildman–Crippen LogP) is 3.86. The van der Waals surface area contributed by atoms with Crippen LogP contribution in [0.25, 0.3) is 11.3 Å². The average Bonchev–Trinajstić information content (AvgIpc) is 3.27. The molecule has 2 amide bonds. The van der Waals surface area contributed by atoms with E-state index in [4.69, 9.17) is 4.42 Å². The zero-order chi connectivity index (χ0) is 22.7. The molecule has 1 atom stereocenters. The van der Waals surface area contributed by atoms with Crippen molar-refractivity contribution in [3.05, 3.63) is 65.9 Å². The van der Waals surface area contributed by atoms with Gasteiger partial charge < -0.3 is 14.2 Å². The van der Waals surface area contributed by atoms with E-state index in [1.807, 2.05) is 19.1 Å². The lowest BCUT2D eigenvalue weighted by atomic mass is 10.1. The van der Waals surface area contributed by atoms with Crippen LogP contribution >= 0.6 is 11.8 Å². The van der Waals surface area contributed by atoms with Crippen molar-refractivity contribution in [2.75, 3.05) is 19.6 Å². The van der Waals surface area contributed by atoms with E-state index in [1.165, 1.54) is 23.9 Å². The molecule has 3 aromatic rings. The molecule has 1 aliphatic rings. The minimum absolute atomic E-state index is 0.0216. The van der Waals surface area contributed by atoms with Crippen LogP contribution in [-0.2, 0) is 10.5 Å². The van der Waals surface area contributed by atoms with Gasteiger partial charge in [0.15, 0.2) is 5.76 Å². The third kappa shape index (κ3) is 4.99. The molecule has 1 aliphatic heterocycles. The molecule has 0 aliphatic carbocycles. The number of hydrogen-bond acceptors (Lipinski definition) is 6. The molecule has 0 N–H and O–H groups in total. The second kappa shape index (κ2) is 9.52. The van der Waals surface area contributed by atoms with E-state index in [1.54, 1.807) is 41.0 Å². The van der Waals surface area contributed by atoms with Crippen LogP contribution in [0.2, 0.25) is 0 Å². The summed E-state index contributed by atoms with van der Waals surface area (Å²) in [7, 11) is 0. The number of nitrogens with zero attached hydrogens (tertiary/aromatic N) is 4. The van der Waals surface area contributed by atoms with E-state index < -0.39 is 0 Å². The third-order valence-corrected chi connectivity index (χ3v) is 6.28. The van der Waals surface area contributed by atoms with Crippen LogP contribution in [0.5, 0.6) is 0 Å². The summed E-state index contributed by atoms with van der Waals surface area (Å²) < 4.78 is 18.8. The summed E-state index contributed by atoms with van der Waals surface area (Å²) in [6.45, 7) is 4.99. The van der Waals surface area contributed by atoms with Crippen LogP contribution in [0.15, 0.2) is 58.0 Å². The lowest BCUT2D eigenvalue weighted by Crippen LogP contribution is -2.54. The molecule has 1 aromatic carbocycles. The first-order valence-corrected chi connectivity index (χ1v) is 11.3. The number of furan rings is 1. The van der Waals surface area contributed by atoms with Crippen LogP contribution < -0.4 is 0 Å². The molecule has 3 heterocycles. The lowest BCUT2D eigenvalue weighted by molar-refractivity contribution is -0.132. The molecule has 166 valence electrons. The van der Waals surface area contributed by atoms with E-state index in [9.17, 15) is 14.0 Å². The van der Waals surface area contributed by atoms with Crippen molar-refractivity contribution in [2.24, 2.45) is 0 Å². The highest BCUT2D eigenvalue weighted by atomic mass is 32.2. The number of thioether (sulfide) groups is 1. The first kappa shape index (κ1) is 22.0. The fourth-order valence-electron chi connectivity index (χ4n) is 3.65. The molecular weight excluding hydrogens is 431 g/mol. The number of piperazine rings is 1. The number of aromatic nitrogens is 2. The zero-order valence-corrected chi connectivity index (χ0v) is 18.6. The SMILES string of the molecule is CC(=O)N1CCN(C(=O)c2ccc(CSc3ccc(-c4ccc(F)cc4)nn3)o2)CC1C. The Morgan fingerprint density at radius 1 is 1.09 bits per heavy atom. The van der Waals surface area contributed by atoms with Crippen LogP contribution in [0.4, 0.5) is 4.39 Å². The number of rotatable bonds is 5. The Hall–Kier alpha value is -3.20. The van der Waals surface area contributed by atoms with Gasteiger partial charge in [-0.3, -0.25) is 9.59 Å². The lowest BCUT2D eigenvalue weighted by Gasteiger charge is -2.39. The maximum Gasteiger partial charge on any atom is 0.289 e. The van der Waals surface area contributed by atoms with Crippen LogP contribution in [0, 0.1) is 5.82 Å². The van der Waals surface area contributed by atoms with Crippen molar-refractivity contribution in [2.45, 2.75) is 30.7 Å². The van der Waals surface area contributed by atoms with Crippen molar-refractivity contribution in [3.63, 3.8) is 0 Å². The van der Waals surface area contributed by atoms with E-state index in [-0.39, 0.29) is 23.7 Å². The predicted molar refractivity (Wildman–Crippen MR) is 118 cm³/mol. The van der Waals surface area contributed by atoms with Gasteiger partial charge in [0.05, 0.1) is 11.4 Å². The van der Waals surface area contributed by atoms with Crippen molar-refractivity contribution in [1.29, 1.82) is 0 Å². The maximum atomic E-state index is 13.1. The van der Waals surface area contributed by atoms with E-state index >= 15 is 0 Å². The quantitative estimate of drug-likeness (QED) is 0.545. The highest BCUT2D eigenvalue weighted by Gasteiger charge is 2.29. The summed E-state index contributed by atoms with van der Waals surface area (Å²) in [4.78, 5) is 27.9. The summed E-state index contributed by atoms with van der Waals surface area (Å²) in [6.07, 6.45) is 0. The zero-order valence-electron chi connectivity index (χ0n) is 17.8. The highest BCUT2D eigenvalue weighted by Crippen LogP contribution is 2.24. The first-order chi connectivity index (χ1) is 15.4. The number of hydrogen-bond donors (Lipinski definition) is 0. The van der Waals surface area contributed by atoms with Gasteiger partial charge in [0, 0.05) is 38.2 Å². The van der Waals surface area contributed by atoms with E-state index in [0.717, 1.165) is 5.56 Å². The molecule has 1 saturated heterocycles. The number of carbonyl (C=O) groups is 2. The normalized spacial score (nSPS) is 16.3. The average molecular weight is 455 g/mol. The fourth-order valence-corrected chi connectivity index (χ4v) is 4.36. The molecule has 32 heavy (non-hydrogen) atoms. The molecular formula is C23H23FN4O3S. The topological polar surface area (TPSA) is 79.5 Å². The monoisotopic (exact) mass is 454 g/mol. The summed E-state index contributed by atoms with van der Waals surface area (Å²) in [5.41, 5.74) is 1.46. The molecule has 0 saturated carbocycles. The molecule has 7 nitrogen and oxygen atoms in total. The largest absolute Gasteiger partial charge is 0.455 e. The molecule has 0 radical (unpaired) electrons. The third-order valence-electron chi connectivity index (χ3n) is 5.33. The smallest absolute Gasteiger partial charge is 0.289 e. The van der Waals surface area contributed by atoms with Gasteiger partial charge in [-0.2, -0.15) is 0 Å². The van der Waals surface area contributed by atoms with Crippen molar-refractivity contribution in [3.8, 4) is 11.3 Å². The summed E-state index contributed by atoms with van der Waals surface area (Å²) in [5.74, 6) is 1.03. The molecule has 0 bridgehead atoms. The Labute approximate surface area is 189 Å². The van der Waals surface area contributed by atoms with Crippen LogP contribution in [0.1, 0.15) is 30.2 Å². The van der Waals surface area contributed by atoms with Crippen molar-refractivity contribution >= 4 is 23.6 Å². The molecule has 9 heteroatoms. The standard InChI is InChI=1S/C23H23FN4O3S/c1-15-13-27(11-12-28(15)16(2)29)23(30)21-9-7-19(31-21)14-32-22-10-8-20(25-26-22)17-3-5-18(24)6-4-17/h3-10,15H,11-14H2,1-2H3. The second-order valence-electron chi connectivity index (χ2n) is 7.63. The van der Waals surface area contributed by atoms with Gasteiger partial charge in [-0.25, -0.2) is 4.39 Å². The Bertz CT molecular complexity index is 1100. The minimum atomic E-state index is -0.294. The number of amides is 2. The Morgan fingerprint density at radius 2 is 1.88 bits per heavy atom. The number of carbonyl (C=O) groups excluding carboxylic acids is 2. The van der Waals surface area contributed by atoms with Crippen LogP contribution in [-0.4, -0.2) is 57.5 Å². The minimum Gasteiger partial charge on any atom is -0.455 e. The van der Waals surface area contributed by atoms with Gasteiger partial charge >= 0.3 is 0 Å². The maximum absolute atomic E-state index is 13.1. The Balaban J connectivity index is 1.33. The van der Waals surface area contributed by atoms with Gasteiger partial charge in [-0.15, -0.1) is 10.2 Å². The number of halogens is 1. The van der Waals surface area contributed by atoms with Gasteiger partial charge in [0.2, 0.25) is 5.91 Å². The van der Waals surface area contributed by atoms with Gasteiger partial charge in [-0.05, 0) is 55.5 Å². The number of benzene rings is 1. The summed E-state index contributed by atoms with van der Waals surface area (Å²) in [6, 6.07) is 13.2. The Morgan fingerprint density at radius 3 is 2.53 bits per heavy atom. The van der Waals surface area contributed by atoms with Gasteiger partial charge in [-0.1, -0.05) is 11.8 Å². The second-order valence-corrected chi connectivity index (χ2v) is 8.63. The van der Waals surface area contributed by atoms with Crippen molar-refractivity contribution in [1.82, 2.24) is 20.0 Å². The summed E-state index contributed by atoms with van der Waals surface area (Å²) in [5, 5.41) is 9.12. The van der Waals surface area contributed by atoms with E-state index in [0.29, 0.717) is 47.6 Å². The molecule has 4 rings (SSSR count). The Kier molecular flexibility index (Phi) is 6.55. The molecule has 0 spiro atoms. The molecule has 2 aromatic heterocycles. The summed E-state index contributed by atoms with van der Waals surface area (Å²) >= 11 is 1.45. The van der Waals surface area contributed by atoms with Crippen molar-refractivity contribution < 1.29 is 18.4 Å². The molecule has 1 fully saturated rings. The van der Waals surface area contributed by atoms with Crippen LogP contribution in [0.3, 0.4) is 0 Å². The molecule has 1 unspecified atom stereocenters. The highest BCUT2D eigenvalue weighted by molar-refractivity contribution is 7.98. The van der Waals surface area contributed by atoms with Gasteiger partial charge in [0.1, 0.15) is 16.6 Å². The fraction of sp³-hybridized carbons (Fsp3) is 0.304. The van der Waals surface area contributed by atoms with Gasteiger partial charge in [0.25, 0.3) is 5.91 Å².